The molecular formula is C19H13ClF2N2O3S. The molecule has 0 aliphatic rings. The Balaban J connectivity index is 1.72. The fourth-order valence-corrected chi connectivity index (χ4v) is 3.49. The Labute approximate surface area is 165 Å². The van der Waals surface area contributed by atoms with Crippen molar-refractivity contribution in [1.29, 1.82) is 0 Å². The molecule has 0 spiro atoms. The molecule has 9 heteroatoms. The number of amides is 1. The average molecular weight is 423 g/mol. The number of rotatable bonds is 5. The molecule has 0 saturated heterocycles. The van der Waals surface area contributed by atoms with E-state index in [4.69, 9.17) is 11.6 Å². The van der Waals surface area contributed by atoms with E-state index in [0.717, 1.165) is 12.1 Å². The van der Waals surface area contributed by atoms with Crippen LogP contribution in [0.5, 0.6) is 0 Å². The van der Waals surface area contributed by atoms with Crippen molar-refractivity contribution in [2.75, 3.05) is 10.0 Å². The standard InChI is InChI=1S/C19H13ClF2N2O3S/c20-13-3-8-16(9-4-13)28(26,27)24-15-6-1-12(2-7-15)19(25)23-18-10-5-14(21)11-17(18)22/h1-11,24H,(H,23,25). The van der Waals surface area contributed by atoms with Gasteiger partial charge in [-0.3, -0.25) is 9.52 Å². The van der Waals surface area contributed by atoms with Crippen molar-refractivity contribution in [2.45, 2.75) is 4.90 Å². The van der Waals surface area contributed by atoms with Gasteiger partial charge in [0.05, 0.1) is 10.6 Å². The van der Waals surface area contributed by atoms with Gasteiger partial charge in [-0.05, 0) is 60.7 Å². The molecule has 0 fully saturated rings. The third-order valence-corrected chi connectivity index (χ3v) is 5.35. The van der Waals surface area contributed by atoms with Crippen molar-refractivity contribution in [3.8, 4) is 0 Å². The van der Waals surface area contributed by atoms with Crippen LogP contribution in [0.2, 0.25) is 5.02 Å². The fourth-order valence-electron chi connectivity index (χ4n) is 2.30. The van der Waals surface area contributed by atoms with Gasteiger partial charge in [-0.1, -0.05) is 11.6 Å². The lowest BCUT2D eigenvalue weighted by molar-refractivity contribution is 0.102. The van der Waals surface area contributed by atoms with E-state index in [1.165, 1.54) is 48.5 Å². The van der Waals surface area contributed by atoms with Crippen LogP contribution in [0.4, 0.5) is 20.2 Å². The Bertz CT molecular complexity index is 1120. The average Bonchev–Trinajstić information content (AvgIpc) is 2.64. The maximum Gasteiger partial charge on any atom is 0.261 e. The van der Waals surface area contributed by atoms with Gasteiger partial charge in [0.15, 0.2) is 0 Å². The van der Waals surface area contributed by atoms with Gasteiger partial charge in [0.2, 0.25) is 0 Å². The number of sulfonamides is 1. The molecule has 1 amide bonds. The zero-order chi connectivity index (χ0) is 20.3. The summed E-state index contributed by atoms with van der Waals surface area (Å²) in [4.78, 5) is 12.2. The molecule has 28 heavy (non-hydrogen) atoms. The van der Waals surface area contributed by atoms with Crippen molar-refractivity contribution < 1.29 is 22.0 Å². The lowest BCUT2D eigenvalue weighted by Gasteiger charge is -2.10. The second kappa shape index (κ2) is 7.95. The van der Waals surface area contributed by atoms with E-state index in [1.807, 2.05) is 0 Å². The summed E-state index contributed by atoms with van der Waals surface area (Å²) in [6.45, 7) is 0. The van der Waals surface area contributed by atoms with E-state index < -0.39 is 27.6 Å². The molecule has 0 heterocycles. The Hall–Kier alpha value is -2.97. The first-order valence-corrected chi connectivity index (χ1v) is 9.75. The molecule has 5 nitrogen and oxygen atoms in total. The highest BCUT2D eigenvalue weighted by Gasteiger charge is 2.15. The van der Waals surface area contributed by atoms with Crippen LogP contribution in [-0.4, -0.2) is 14.3 Å². The summed E-state index contributed by atoms with van der Waals surface area (Å²) >= 11 is 5.75. The van der Waals surface area contributed by atoms with Crippen LogP contribution in [0, 0.1) is 11.6 Å². The summed E-state index contributed by atoms with van der Waals surface area (Å²) in [6, 6.07) is 14.0. The van der Waals surface area contributed by atoms with Gasteiger partial charge in [-0.15, -0.1) is 0 Å². The summed E-state index contributed by atoms with van der Waals surface area (Å²) in [5.74, 6) is -2.29. The molecule has 0 radical (unpaired) electrons. The number of carbonyl (C=O) groups excluding carboxylic acids is 1. The lowest BCUT2D eigenvalue weighted by atomic mass is 10.2. The highest BCUT2D eigenvalue weighted by molar-refractivity contribution is 7.92. The predicted molar refractivity (Wildman–Crippen MR) is 103 cm³/mol. The normalized spacial score (nSPS) is 11.1. The maximum atomic E-state index is 13.6. The first-order chi connectivity index (χ1) is 13.2. The molecule has 144 valence electrons. The number of hydrogen-bond acceptors (Lipinski definition) is 3. The van der Waals surface area contributed by atoms with Crippen LogP contribution in [-0.2, 0) is 10.0 Å². The van der Waals surface area contributed by atoms with Crippen molar-refractivity contribution in [2.24, 2.45) is 0 Å². The number of anilines is 2. The van der Waals surface area contributed by atoms with Gasteiger partial charge in [-0.25, -0.2) is 17.2 Å². The Morgan fingerprint density at radius 1 is 0.893 bits per heavy atom. The number of benzene rings is 3. The Kier molecular flexibility index (Phi) is 5.62. The number of nitrogens with one attached hydrogen (secondary N) is 2. The molecule has 0 aromatic heterocycles. The summed E-state index contributed by atoms with van der Waals surface area (Å²) in [5, 5.41) is 2.73. The van der Waals surface area contributed by atoms with Crippen LogP contribution in [0.15, 0.2) is 71.6 Å². The van der Waals surface area contributed by atoms with Crippen molar-refractivity contribution >= 4 is 38.9 Å². The monoisotopic (exact) mass is 422 g/mol. The van der Waals surface area contributed by atoms with Gasteiger partial charge < -0.3 is 5.32 Å². The zero-order valence-electron chi connectivity index (χ0n) is 14.1. The molecule has 0 aliphatic carbocycles. The summed E-state index contributed by atoms with van der Waals surface area (Å²) in [5.41, 5.74) is 0.233. The van der Waals surface area contributed by atoms with E-state index in [-0.39, 0.29) is 21.8 Å². The second-order valence-electron chi connectivity index (χ2n) is 5.72. The highest BCUT2D eigenvalue weighted by atomic mass is 35.5. The van der Waals surface area contributed by atoms with Crippen molar-refractivity contribution in [1.82, 2.24) is 0 Å². The second-order valence-corrected chi connectivity index (χ2v) is 7.83. The van der Waals surface area contributed by atoms with Gasteiger partial charge in [-0.2, -0.15) is 0 Å². The molecule has 0 unspecified atom stereocenters. The summed E-state index contributed by atoms with van der Waals surface area (Å²) in [6.07, 6.45) is 0. The Morgan fingerprint density at radius 3 is 2.14 bits per heavy atom. The third kappa shape index (κ3) is 4.65. The van der Waals surface area contributed by atoms with Crippen LogP contribution in [0.25, 0.3) is 0 Å². The number of carbonyl (C=O) groups is 1. The summed E-state index contributed by atoms with van der Waals surface area (Å²) in [7, 11) is -3.82. The minimum Gasteiger partial charge on any atom is -0.319 e. The van der Waals surface area contributed by atoms with E-state index in [9.17, 15) is 22.0 Å². The molecule has 0 saturated carbocycles. The van der Waals surface area contributed by atoms with Crippen molar-refractivity contribution in [3.63, 3.8) is 0 Å². The molecular weight excluding hydrogens is 410 g/mol. The minimum atomic E-state index is -3.82. The third-order valence-electron chi connectivity index (χ3n) is 3.70. The first-order valence-electron chi connectivity index (χ1n) is 7.89. The predicted octanol–water partition coefficient (Wildman–Crippen LogP) is 4.67. The smallest absolute Gasteiger partial charge is 0.261 e. The van der Waals surface area contributed by atoms with E-state index in [1.54, 1.807) is 0 Å². The van der Waals surface area contributed by atoms with Crippen LogP contribution < -0.4 is 10.0 Å². The number of hydrogen-bond donors (Lipinski definition) is 2. The molecule has 3 aromatic carbocycles. The van der Waals surface area contributed by atoms with Gasteiger partial charge >= 0.3 is 0 Å². The maximum absolute atomic E-state index is 13.6. The first kappa shape index (κ1) is 19.8. The Morgan fingerprint density at radius 2 is 1.54 bits per heavy atom. The molecule has 3 aromatic rings. The van der Waals surface area contributed by atoms with Gasteiger partial charge in [0, 0.05) is 22.3 Å². The SMILES string of the molecule is O=C(Nc1ccc(F)cc1F)c1ccc(NS(=O)(=O)c2ccc(Cl)cc2)cc1. The van der Waals surface area contributed by atoms with Gasteiger partial charge in [0.25, 0.3) is 15.9 Å². The van der Waals surface area contributed by atoms with E-state index in [2.05, 4.69) is 10.0 Å². The molecule has 0 bridgehead atoms. The number of halogens is 3. The molecule has 0 aliphatic heterocycles. The molecule has 3 rings (SSSR count). The van der Waals surface area contributed by atoms with E-state index >= 15 is 0 Å². The van der Waals surface area contributed by atoms with Crippen LogP contribution in [0.3, 0.4) is 0 Å². The minimum absolute atomic E-state index is 0.0329. The molecule has 0 atom stereocenters. The zero-order valence-corrected chi connectivity index (χ0v) is 15.7. The van der Waals surface area contributed by atoms with Gasteiger partial charge in [0.1, 0.15) is 11.6 Å². The summed E-state index contributed by atoms with van der Waals surface area (Å²) < 4.78 is 53.6. The van der Waals surface area contributed by atoms with E-state index in [0.29, 0.717) is 11.1 Å². The quantitative estimate of drug-likeness (QED) is 0.627. The highest BCUT2D eigenvalue weighted by Crippen LogP contribution is 2.20. The molecule has 2 N–H and O–H groups in total. The van der Waals surface area contributed by atoms with Crippen LogP contribution in [0.1, 0.15) is 10.4 Å². The fraction of sp³-hybridized carbons (Fsp3) is 0. The van der Waals surface area contributed by atoms with Crippen LogP contribution >= 0.6 is 11.6 Å². The largest absolute Gasteiger partial charge is 0.319 e. The van der Waals surface area contributed by atoms with Crippen molar-refractivity contribution in [3.05, 3.63) is 89.0 Å². The topological polar surface area (TPSA) is 75.3 Å². The lowest BCUT2D eigenvalue weighted by Crippen LogP contribution is -2.14.